The Morgan fingerprint density at radius 1 is 1.57 bits per heavy atom. The van der Waals surface area contributed by atoms with Gasteiger partial charge in [0.15, 0.2) is 0 Å². The smallest absolute Gasteiger partial charge is 0.208 e. The predicted molar refractivity (Wildman–Crippen MR) is 52.3 cm³/mol. The molecule has 2 N–H and O–H groups in total. The first-order valence-corrected chi connectivity index (χ1v) is 4.75. The van der Waals surface area contributed by atoms with Gasteiger partial charge in [-0.1, -0.05) is 11.6 Å². The number of hydrogen-bond acceptors (Lipinski definition) is 3. The molecule has 14 heavy (non-hydrogen) atoms. The molecular weight excluding hydrogens is 204 g/mol. The van der Waals surface area contributed by atoms with Crippen molar-refractivity contribution in [3.05, 3.63) is 28.8 Å². The highest BCUT2D eigenvalue weighted by Gasteiger charge is 2.34. The van der Waals surface area contributed by atoms with E-state index >= 15 is 0 Å². The van der Waals surface area contributed by atoms with Gasteiger partial charge in [-0.25, -0.2) is 0 Å². The molecule has 1 aromatic carbocycles. The summed E-state index contributed by atoms with van der Waals surface area (Å²) in [5.41, 5.74) is 0.629. The Kier molecular flexibility index (Phi) is 2.18. The maximum Gasteiger partial charge on any atom is 0.208 e. The Morgan fingerprint density at radius 2 is 2.29 bits per heavy atom. The second kappa shape index (κ2) is 3.12. The molecule has 0 saturated heterocycles. The molecule has 0 saturated carbocycles. The first-order valence-electron chi connectivity index (χ1n) is 4.37. The molecule has 0 spiro atoms. The van der Waals surface area contributed by atoms with Gasteiger partial charge in [0.05, 0.1) is 6.10 Å². The molecule has 1 aromatic rings. The van der Waals surface area contributed by atoms with E-state index in [1.54, 1.807) is 18.2 Å². The van der Waals surface area contributed by atoms with Crippen molar-refractivity contribution in [1.29, 1.82) is 0 Å². The van der Waals surface area contributed by atoms with Crippen LogP contribution in [0.15, 0.2) is 18.2 Å². The lowest BCUT2D eigenvalue weighted by atomic mass is 9.98. The van der Waals surface area contributed by atoms with Crippen molar-refractivity contribution in [2.45, 2.75) is 25.2 Å². The Hall–Kier alpha value is -0.770. The lowest BCUT2D eigenvalue weighted by Gasteiger charge is -2.33. The van der Waals surface area contributed by atoms with Gasteiger partial charge in [0.25, 0.3) is 0 Å². The van der Waals surface area contributed by atoms with Crippen LogP contribution in [0.25, 0.3) is 0 Å². The van der Waals surface area contributed by atoms with E-state index in [0.29, 0.717) is 16.3 Å². The zero-order chi connectivity index (χ0) is 10.3. The van der Waals surface area contributed by atoms with Gasteiger partial charge in [-0.05, 0) is 18.2 Å². The fourth-order valence-corrected chi connectivity index (χ4v) is 1.80. The molecule has 0 amide bonds. The number of benzene rings is 1. The van der Waals surface area contributed by atoms with E-state index in [9.17, 15) is 10.2 Å². The van der Waals surface area contributed by atoms with Crippen LogP contribution in [0.5, 0.6) is 5.75 Å². The van der Waals surface area contributed by atoms with Gasteiger partial charge in [0.2, 0.25) is 5.79 Å². The minimum absolute atomic E-state index is 0.153. The summed E-state index contributed by atoms with van der Waals surface area (Å²) < 4.78 is 5.28. The third-order valence-electron chi connectivity index (χ3n) is 2.23. The second-order valence-electron chi connectivity index (χ2n) is 3.68. The van der Waals surface area contributed by atoms with E-state index in [1.807, 2.05) is 0 Å². The molecule has 4 heteroatoms. The molecule has 1 heterocycles. The molecule has 0 fully saturated rings. The van der Waals surface area contributed by atoms with Crippen molar-refractivity contribution in [3.63, 3.8) is 0 Å². The highest BCUT2D eigenvalue weighted by atomic mass is 35.5. The zero-order valence-electron chi connectivity index (χ0n) is 7.70. The van der Waals surface area contributed by atoms with E-state index in [-0.39, 0.29) is 6.42 Å². The molecule has 3 nitrogen and oxygen atoms in total. The first-order chi connectivity index (χ1) is 6.48. The molecule has 0 aromatic heterocycles. The maximum absolute atomic E-state index is 9.72. The van der Waals surface area contributed by atoms with Crippen LogP contribution < -0.4 is 4.74 Å². The third kappa shape index (κ3) is 1.71. The summed E-state index contributed by atoms with van der Waals surface area (Å²) in [6.45, 7) is 1.52. The van der Waals surface area contributed by atoms with Crippen molar-refractivity contribution in [2.24, 2.45) is 0 Å². The molecule has 76 valence electrons. The fourth-order valence-electron chi connectivity index (χ4n) is 1.62. The monoisotopic (exact) mass is 214 g/mol. The molecule has 2 atom stereocenters. The van der Waals surface area contributed by atoms with E-state index in [0.717, 1.165) is 0 Å². The summed E-state index contributed by atoms with van der Waals surface area (Å²) >= 11 is 5.78. The normalized spacial score (nSPS) is 30.7. The van der Waals surface area contributed by atoms with Gasteiger partial charge in [0, 0.05) is 23.9 Å². The van der Waals surface area contributed by atoms with Crippen LogP contribution in [-0.2, 0) is 0 Å². The predicted octanol–water partition coefficient (Wildman–Crippen LogP) is 1.86. The van der Waals surface area contributed by atoms with Gasteiger partial charge in [-0.15, -0.1) is 0 Å². The number of ether oxygens (including phenoxy) is 1. The number of aliphatic hydroxyl groups excluding tert-OH is 1. The number of aliphatic hydroxyl groups is 2. The molecule has 1 aliphatic heterocycles. The summed E-state index contributed by atoms with van der Waals surface area (Å²) in [5, 5.41) is 19.9. The van der Waals surface area contributed by atoms with Crippen molar-refractivity contribution in [2.75, 3.05) is 0 Å². The summed E-state index contributed by atoms with van der Waals surface area (Å²) in [5.74, 6) is -0.821. The Morgan fingerprint density at radius 3 is 3.00 bits per heavy atom. The van der Waals surface area contributed by atoms with Gasteiger partial charge in [0.1, 0.15) is 5.75 Å². The molecule has 2 rings (SSSR count). The fraction of sp³-hybridized carbons (Fsp3) is 0.400. The molecule has 0 radical (unpaired) electrons. The number of halogens is 1. The highest BCUT2D eigenvalue weighted by Crippen LogP contribution is 2.39. The van der Waals surface area contributed by atoms with E-state index in [4.69, 9.17) is 16.3 Å². The average molecular weight is 215 g/mol. The maximum atomic E-state index is 9.72. The Labute approximate surface area is 86.9 Å². The van der Waals surface area contributed by atoms with E-state index in [2.05, 4.69) is 0 Å². The molecule has 0 aliphatic carbocycles. The lowest BCUT2D eigenvalue weighted by molar-refractivity contribution is -0.158. The van der Waals surface area contributed by atoms with Crippen molar-refractivity contribution in [1.82, 2.24) is 0 Å². The molecule has 1 aliphatic rings. The Balaban J connectivity index is 2.45. The third-order valence-corrected chi connectivity index (χ3v) is 2.47. The second-order valence-corrected chi connectivity index (χ2v) is 4.12. The largest absolute Gasteiger partial charge is 0.462 e. The van der Waals surface area contributed by atoms with E-state index in [1.165, 1.54) is 6.92 Å². The summed E-state index contributed by atoms with van der Waals surface area (Å²) in [6, 6.07) is 4.96. The van der Waals surface area contributed by atoms with Crippen LogP contribution in [0.3, 0.4) is 0 Å². The van der Waals surface area contributed by atoms with Crippen LogP contribution in [0, 0.1) is 0 Å². The van der Waals surface area contributed by atoms with E-state index < -0.39 is 11.9 Å². The van der Waals surface area contributed by atoms with Crippen molar-refractivity contribution < 1.29 is 14.9 Å². The SMILES string of the molecule is C[C@]1(O)C[C@@H](O)c2cc(Cl)ccc2O1. The van der Waals surface area contributed by atoms with Crippen LogP contribution >= 0.6 is 11.6 Å². The Bertz CT molecular complexity index is 362. The number of hydrogen-bond donors (Lipinski definition) is 2. The standard InChI is InChI=1S/C10H11ClO3/c1-10(13)5-8(12)7-4-6(11)2-3-9(7)14-10/h2-4,8,12-13H,5H2,1H3/t8-,10-/m1/s1. The highest BCUT2D eigenvalue weighted by molar-refractivity contribution is 6.30. The van der Waals surface area contributed by atoms with Gasteiger partial charge in [-0.3, -0.25) is 0 Å². The van der Waals surface area contributed by atoms with Gasteiger partial charge in [-0.2, -0.15) is 0 Å². The summed E-state index contributed by atoms with van der Waals surface area (Å²) in [4.78, 5) is 0. The summed E-state index contributed by atoms with van der Waals surface area (Å²) in [7, 11) is 0. The molecule has 0 unspecified atom stereocenters. The minimum atomic E-state index is -1.31. The van der Waals surface area contributed by atoms with Crippen LogP contribution in [-0.4, -0.2) is 16.0 Å². The zero-order valence-corrected chi connectivity index (χ0v) is 8.45. The quantitative estimate of drug-likeness (QED) is 0.693. The average Bonchev–Trinajstić information content (AvgIpc) is 2.05. The lowest BCUT2D eigenvalue weighted by Crippen LogP contribution is -2.37. The van der Waals surface area contributed by atoms with Crippen molar-refractivity contribution >= 4 is 11.6 Å². The van der Waals surface area contributed by atoms with Crippen LogP contribution in [0.4, 0.5) is 0 Å². The van der Waals surface area contributed by atoms with Crippen LogP contribution in [0.2, 0.25) is 5.02 Å². The summed E-state index contributed by atoms with van der Waals surface area (Å²) in [6.07, 6.45) is -0.576. The minimum Gasteiger partial charge on any atom is -0.462 e. The molecular formula is C10H11ClO3. The molecule has 0 bridgehead atoms. The van der Waals surface area contributed by atoms with Gasteiger partial charge >= 0.3 is 0 Å². The van der Waals surface area contributed by atoms with Gasteiger partial charge < -0.3 is 14.9 Å². The van der Waals surface area contributed by atoms with Crippen LogP contribution in [0.1, 0.15) is 25.0 Å². The number of rotatable bonds is 0. The topological polar surface area (TPSA) is 49.7 Å². The van der Waals surface area contributed by atoms with Crippen molar-refractivity contribution in [3.8, 4) is 5.75 Å². The first kappa shape index (κ1) is 9.77. The number of fused-ring (bicyclic) bond motifs is 1.